The standard InChI is InChI=1S/C16H21N5O4/c1-15(2,3)25-14(24)20-8-4-16(5-9-20)12(22)21(13(23)19-16)11-10-17-6-7-18-11/h6-7,10H,4-5,8-9H2,1-3H3,(H,19,23). The Balaban J connectivity index is 1.70. The normalized spacial score (nSPS) is 20.0. The van der Waals surface area contributed by atoms with Gasteiger partial charge in [0.05, 0.1) is 6.20 Å². The molecule has 0 unspecified atom stereocenters. The molecule has 3 heterocycles. The zero-order valence-electron chi connectivity index (χ0n) is 14.5. The molecule has 0 saturated carbocycles. The molecule has 0 atom stereocenters. The predicted molar refractivity (Wildman–Crippen MR) is 87.8 cm³/mol. The SMILES string of the molecule is CC(C)(C)OC(=O)N1CCC2(CC1)NC(=O)N(c1cnccn1)C2=O. The summed E-state index contributed by atoms with van der Waals surface area (Å²) in [5.41, 5.74) is -1.58. The van der Waals surface area contributed by atoms with Gasteiger partial charge in [0.1, 0.15) is 11.1 Å². The van der Waals surface area contributed by atoms with Crippen molar-refractivity contribution in [2.45, 2.75) is 44.8 Å². The third-order valence-electron chi connectivity index (χ3n) is 4.21. The number of anilines is 1. The first-order chi connectivity index (χ1) is 11.7. The van der Waals surface area contributed by atoms with Crippen molar-refractivity contribution in [1.29, 1.82) is 0 Å². The molecule has 2 aliphatic heterocycles. The van der Waals surface area contributed by atoms with Gasteiger partial charge >= 0.3 is 12.1 Å². The molecule has 25 heavy (non-hydrogen) atoms. The molecule has 1 aromatic heterocycles. The van der Waals surface area contributed by atoms with Gasteiger partial charge in [-0.1, -0.05) is 0 Å². The summed E-state index contributed by atoms with van der Waals surface area (Å²) in [6, 6.07) is -0.517. The molecule has 0 radical (unpaired) electrons. The van der Waals surface area contributed by atoms with Crippen molar-refractivity contribution >= 4 is 23.8 Å². The van der Waals surface area contributed by atoms with Gasteiger partial charge < -0.3 is 15.0 Å². The van der Waals surface area contributed by atoms with Crippen LogP contribution in [0.3, 0.4) is 0 Å². The fourth-order valence-corrected chi connectivity index (χ4v) is 2.97. The van der Waals surface area contributed by atoms with Gasteiger partial charge in [0.25, 0.3) is 5.91 Å². The Hall–Kier alpha value is -2.71. The van der Waals surface area contributed by atoms with Gasteiger partial charge in [0.2, 0.25) is 0 Å². The third kappa shape index (κ3) is 3.26. The summed E-state index contributed by atoms with van der Waals surface area (Å²) >= 11 is 0. The van der Waals surface area contributed by atoms with Crippen LogP contribution in [0.4, 0.5) is 15.4 Å². The largest absolute Gasteiger partial charge is 0.444 e. The van der Waals surface area contributed by atoms with Gasteiger partial charge in [-0.05, 0) is 33.6 Å². The minimum Gasteiger partial charge on any atom is -0.444 e. The van der Waals surface area contributed by atoms with E-state index in [0.717, 1.165) is 4.90 Å². The van der Waals surface area contributed by atoms with Crippen LogP contribution in [-0.2, 0) is 9.53 Å². The first-order valence-electron chi connectivity index (χ1n) is 8.12. The van der Waals surface area contributed by atoms with Gasteiger partial charge in [-0.2, -0.15) is 0 Å². The lowest BCUT2D eigenvalue weighted by atomic mass is 9.87. The Kier molecular flexibility index (Phi) is 4.09. The molecule has 2 fully saturated rings. The molecule has 9 heteroatoms. The molecule has 134 valence electrons. The Labute approximate surface area is 145 Å². The first kappa shape index (κ1) is 17.1. The van der Waals surface area contributed by atoms with E-state index in [-0.39, 0.29) is 11.7 Å². The highest BCUT2D eigenvalue weighted by Gasteiger charge is 2.54. The van der Waals surface area contributed by atoms with Gasteiger partial charge in [-0.3, -0.25) is 9.78 Å². The number of nitrogens with zero attached hydrogens (tertiary/aromatic N) is 4. The van der Waals surface area contributed by atoms with E-state index in [2.05, 4.69) is 15.3 Å². The van der Waals surface area contributed by atoms with Crippen molar-refractivity contribution < 1.29 is 19.1 Å². The smallest absolute Gasteiger partial charge is 0.410 e. The summed E-state index contributed by atoms with van der Waals surface area (Å²) in [4.78, 5) is 47.8. The van der Waals surface area contributed by atoms with E-state index in [0.29, 0.717) is 25.9 Å². The predicted octanol–water partition coefficient (Wildman–Crippen LogP) is 1.30. The van der Waals surface area contributed by atoms with E-state index in [1.165, 1.54) is 18.6 Å². The minimum absolute atomic E-state index is 0.191. The topological polar surface area (TPSA) is 105 Å². The van der Waals surface area contributed by atoms with Crippen LogP contribution < -0.4 is 10.2 Å². The minimum atomic E-state index is -1.01. The molecule has 0 aromatic carbocycles. The zero-order valence-corrected chi connectivity index (χ0v) is 14.5. The lowest BCUT2D eigenvalue weighted by Crippen LogP contribution is -2.56. The molecule has 4 amide bonds. The number of hydrogen-bond acceptors (Lipinski definition) is 6. The number of piperidine rings is 1. The van der Waals surface area contributed by atoms with E-state index in [4.69, 9.17) is 4.74 Å². The zero-order chi connectivity index (χ0) is 18.2. The summed E-state index contributed by atoms with van der Waals surface area (Å²) in [7, 11) is 0. The molecule has 0 aliphatic carbocycles. The van der Waals surface area contributed by atoms with Gasteiger partial charge in [0, 0.05) is 25.5 Å². The molecule has 2 saturated heterocycles. The Morgan fingerprint density at radius 2 is 1.92 bits per heavy atom. The van der Waals surface area contributed by atoms with Crippen LogP contribution in [0.2, 0.25) is 0 Å². The van der Waals surface area contributed by atoms with Crippen molar-refractivity contribution in [2.24, 2.45) is 0 Å². The van der Waals surface area contributed by atoms with Crippen LogP contribution in [0.5, 0.6) is 0 Å². The van der Waals surface area contributed by atoms with Gasteiger partial charge in [-0.25, -0.2) is 19.5 Å². The Morgan fingerprint density at radius 3 is 2.48 bits per heavy atom. The number of amides is 4. The number of carbonyl (C=O) groups excluding carboxylic acids is 3. The van der Waals surface area contributed by atoms with E-state index in [9.17, 15) is 14.4 Å². The fourth-order valence-electron chi connectivity index (χ4n) is 2.97. The fraction of sp³-hybridized carbons (Fsp3) is 0.562. The second-order valence-corrected chi connectivity index (χ2v) is 7.18. The monoisotopic (exact) mass is 347 g/mol. The molecule has 1 N–H and O–H groups in total. The number of aromatic nitrogens is 2. The number of rotatable bonds is 1. The second-order valence-electron chi connectivity index (χ2n) is 7.18. The lowest BCUT2D eigenvalue weighted by Gasteiger charge is -2.37. The van der Waals surface area contributed by atoms with E-state index in [1.54, 1.807) is 25.7 Å². The van der Waals surface area contributed by atoms with Gasteiger partial charge in [0.15, 0.2) is 5.82 Å². The molecule has 0 bridgehead atoms. The number of imide groups is 1. The molecule has 9 nitrogen and oxygen atoms in total. The number of carbonyl (C=O) groups is 3. The Bertz CT molecular complexity index is 692. The van der Waals surface area contributed by atoms with Crippen molar-refractivity contribution in [3.05, 3.63) is 18.6 Å². The van der Waals surface area contributed by atoms with Crippen molar-refractivity contribution in [1.82, 2.24) is 20.2 Å². The molecule has 2 aliphatic rings. The number of ether oxygens (including phenoxy) is 1. The lowest BCUT2D eigenvalue weighted by molar-refractivity contribution is -0.123. The summed E-state index contributed by atoms with van der Waals surface area (Å²) in [5.74, 6) is -0.168. The highest BCUT2D eigenvalue weighted by atomic mass is 16.6. The average molecular weight is 347 g/mol. The average Bonchev–Trinajstić information content (AvgIpc) is 2.77. The van der Waals surface area contributed by atoms with Crippen LogP contribution in [0.15, 0.2) is 18.6 Å². The van der Waals surface area contributed by atoms with E-state index < -0.39 is 23.3 Å². The number of likely N-dealkylation sites (tertiary alicyclic amines) is 1. The number of nitrogens with one attached hydrogen (secondary N) is 1. The molecule has 3 rings (SSSR count). The maximum Gasteiger partial charge on any atom is 0.410 e. The highest BCUT2D eigenvalue weighted by molar-refractivity contribution is 6.22. The van der Waals surface area contributed by atoms with Crippen molar-refractivity contribution in [2.75, 3.05) is 18.0 Å². The van der Waals surface area contributed by atoms with Crippen LogP contribution in [-0.4, -0.2) is 57.1 Å². The van der Waals surface area contributed by atoms with Crippen molar-refractivity contribution in [3.8, 4) is 0 Å². The van der Waals surface area contributed by atoms with Gasteiger partial charge in [-0.15, -0.1) is 0 Å². The first-order valence-corrected chi connectivity index (χ1v) is 8.12. The molecule has 1 aromatic rings. The van der Waals surface area contributed by atoms with Crippen LogP contribution >= 0.6 is 0 Å². The third-order valence-corrected chi connectivity index (χ3v) is 4.21. The molecule has 1 spiro atoms. The summed E-state index contributed by atoms with van der Waals surface area (Å²) in [6.45, 7) is 6.06. The summed E-state index contributed by atoms with van der Waals surface area (Å²) in [6.07, 6.45) is 4.50. The molecular formula is C16H21N5O4. The maximum absolute atomic E-state index is 12.8. The highest BCUT2D eigenvalue weighted by Crippen LogP contribution is 2.31. The van der Waals surface area contributed by atoms with Crippen LogP contribution in [0.1, 0.15) is 33.6 Å². The summed E-state index contributed by atoms with van der Waals surface area (Å²) < 4.78 is 5.35. The quantitative estimate of drug-likeness (QED) is 0.768. The Morgan fingerprint density at radius 1 is 1.24 bits per heavy atom. The number of urea groups is 1. The molecular weight excluding hydrogens is 326 g/mol. The second kappa shape index (κ2) is 5.98. The summed E-state index contributed by atoms with van der Waals surface area (Å²) in [5, 5.41) is 2.77. The van der Waals surface area contributed by atoms with E-state index >= 15 is 0 Å². The van der Waals surface area contributed by atoms with Crippen LogP contribution in [0, 0.1) is 0 Å². The maximum atomic E-state index is 12.8. The van der Waals surface area contributed by atoms with E-state index in [1.807, 2.05) is 0 Å². The van der Waals surface area contributed by atoms with Crippen LogP contribution in [0.25, 0.3) is 0 Å². The van der Waals surface area contributed by atoms with Crippen molar-refractivity contribution in [3.63, 3.8) is 0 Å². The number of hydrogen-bond donors (Lipinski definition) is 1.